The first kappa shape index (κ1) is 31.9. The Morgan fingerprint density at radius 2 is 1.52 bits per heavy atom. The van der Waals surface area contributed by atoms with Crippen molar-refractivity contribution < 1.29 is 78.9 Å². The molecule has 0 heterocycles. The van der Waals surface area contributed by atoms with Crippen LogP contribution in [0.1, 0.15) is 97.8 Å². The van der Waals surface area contributed by atoms with Crippen LogP contribution in [0.3, 0.4) is 0 Å². The Hall–Kier alpha value is 0.900. The Kier molecular flexibility index (Phi) is 13.0. The molecule has 8 atom stereocenters. The molecule has 4 aliphatic carbocycles. The van der Waals surface area contributed by atoms with Crippen molar-refractivity contribution in [3.8, 4) is 0 Å². The zero-order valence-electron chi connectivity index (χ0n) is 21.9. The molecule has 0 aromatic heterocycles. The number of rotatable bonds is 5. The molecular formula is C26H43NNa2O4. The summed E-state index contributed by atoms with van der Waals surface area (Å²) in [5.41, 5.74) is 5.60. The fraction of sp³-hybridized carbons (Fsp3) is 0.923. The number of carbonyl (C=O) groups excluding carboxylic acids is 2. The minimum Gasteiger partial charge on any atom is -0.550 e. The Balaban J connectivity index is 0.000000707. The van der Waals surface area contributed by atoms with Gasteiger partial charge in [0.25, 0.3) is 0 Å². The molecule has 0 bridgehead atoms. The van der Waals surface area contributed by atoms with E-state index in [1.807, 2.05) is 0 Å². The van der Waals surface area contributed by atoms with E-state index in [1.165, 1.54) is 64.2 Å². The summed E-state index contributed by atoms with van der Waals surface area (Å²) in [5.74, 6) is 2.99. The predicted octanol–water partition coefficient (Wildman–Crippen LogP) is -3.10. The Bertz CT molecular complexity index is 662. The van der Waals surface area contributed by atoms with Crippen molar-refractivity contribution in [2.75, 3.05) is 6.54 Å². The van der Waals surface area contributed by atoms with Gasteiger partial charge in [0, 0.05) is 12.5 Å². The van der Waals surface area contributed by atoms with Crippen LogP contribution in [0.15, 0.2) is 0 Å². The molecule has 0 radical (unpaired) electrons. The SMILES string of the molecule is C[C@H](CCC(=O)[O-])[C@H]1CC[C@H]2[C@@H]3CCC4CCCC[C@]4(C)[C@H]3CC[C@]12C.NCC(=O)[O-].[Na+].[Na+]. The molecule has 2 N–H and O–H groups in total. The Morgan fingerprint density at radius 3 is 2.12 bits per heavy atom. The summed E-state index contributed by atoms with van der Waals surface area (Å²) in [4.78, 5) is 20.1. The second-order valence-electron chi connectivity index (χ2n) is 11.6. The quantitative estimate of drug-likeness (QED) is 0.421. The van der Waals surface area contributed by atoms with Crippen molar-refractivity contribution in [2.45, 2.75) is 97.8 Å². The molecule has 4 fully saturated rings. The zero-order chi connectivity index (χ0) is 22.8. The van der Waals surface area contributed by atoms with E-state index in [-0.39, 0.29) is 72.1 Å². The molecule has 0 aromatic rings. The van der Waals surface area contributed by atoms with Gasteiger partial charge in [-0.15, -0.1) is 0 Å². The smallest absolute Gasteiger partial charge is 0.550 e. The van der Waals surface area contributed by atoms with Gasteiger partial charge >= 0.3 is 59.1 Å². The summed E-state index contributed by atoms with van der Waals surface area (Å²) in [6.45, 7) is 7.16. The first-order valence-corrected chi connectivity index (χ1v) is 12.7. The van der Waals surface area contributed by atoms with E-state index in [0.29, 0.717) is 16.7 Å². The van der Waals surface area contributed by atoms with Gasteiger partial charge in [-0.2, -0.15) is 0 Å². The molecule has 0 aliphatic heterocycles. The Morgan fingerprint density at radius 1 is 0.879 bits per heavy atom. The van der Waals surface area contributed by atoms with Gasteiger partial charge < -0.3 is 25.5 Å². The maximum atomic E-state index is 10.9. The minimum absolute atomic E-state index is 0. The summed E-state index contributed by atoms with van der Waals surface area (Å²) >= 11 is 0. The maximum Gasteiger partial charge on any atom is 1.00 e. The fourth-order valence-electron chi connectivity index (χ4n) is 8.82. The molecule has 178 valence electrons. The Labute approximate surface area is 245 Å². The van der Waals surface area contributed by atoms with E-state index in [0.717, 1.165) is 36.0 Å². The molecule has 4 aliphatic rings. The number of fused-ring (bicyclic) bond motifs is 5. The molecule has 0 spiro atoms. The van der Waals surface area contributed by atoms with Gasteiger partial charge in [0.15, 0.2) is 0 Å². The third-order valence-electron chi connectivity index (χ3n) is 10.3. The number of carboxylic acids is 2. The first-order chi connectivity index (χ1) is 14.6. The van der Waals surface area contributed by atoms with Gasteiger partial charge in [-0.05, 0) is 111 Å². The van der Waals surface area contributed by atoms with Crippen LogP contribution in [-0.2, 0) is 9.59 Å². The van der Waals surface area contributed by atoms with Crippen LogP contribution in [0.2, 0.25) is 0 Å². The molecule has 0 aromatic carbocycles. The number of carboxylic acid groups (broad SMARTS) is 2. The van der Waals surface area contributed by atoms with E-state index >= 15 is 0 Å². The number of hydrogen-bond acceptors (Lipinski definition) is 5. The van der Waals surface area contributed by atoms with Crippen molar-refractivity contribution in [1.29, 1.82) is 0 Å². The summed E-state index contributed by atoms with van der Waals surface area (Å²) < 4.78 is 0. The molecule has 1 unspecified atom stereocenters. The summed E-state index contributed by atoms with van der Waals surface area (Å²) in [7, 11) is 0. The number of carbonyl (C=O) groups is 2. The summed E-state index contributed by atoms with van der Waals surface area (Å²) in [6.07, 6.45) is 15.5. The van der Waals surface area contributed by atoms with Gasteiger partial charge in [0.1, 0.15) is 0 Å². The first-order valence-electron chi connectivity index (χ1n) is 12.7. The van der Waals surface area contributed by atoms with Gasteiger partial charge in [0.2, 0.25) is 0 Å². The van der Waals surface area contributed by atoms with Crippen LogP contribution in [0.25, 0.3) is 0 Å². The number of nitrogens with two attached hydrogens (primary N) is 1. The third-order valence-corrected chi connectivity index (χ3v) is 10.3. The predicted molar refractivity (Wildman–Crippen MR) is 117 cm³/mol. The van der Waals surface area contributed by atoms with Crippen molar-refractivity contribution in [3.63, 3.8) is 0 Å². The molecule has 4 rings (SSSR count). The van der Waals surface area contributed by atoms with Gasteiger partial charge in [0.05, 0.1) is 5.97 Å². The van der Waals surface area contributed by atoms with Crippen molar-refractivity contribution in [3.05, 3.63) is 0 Å². The topological polar surface area (TPSA) is 106 Å². The molecule has 4 saturated carbocycles. The standard InChI is InChI=1S/C24H40O2.C2H5NO2.2Na/c1-16(7-12-22(25)26)19-10-11-20-18-9-8-17-6-4-5-14-23(17,2)21(18)13-15-24(19,20)3;3-1-2(4)5;;/h16-21H,4-15H2,1-3H3,(H,25,26);1,3H2,(H,4,5);;/q;;2*+1/p-2/t16-,17?,18+,19-,20+,21+,23+,24-;;;/m1.../s1. The van der Waals surface area contributed by atoms with E-state index in [2.05, 4.69) is 26.5 Å². The average molecular weight is 480 g/mol. The summed E-state index contributed by atoms with van der Waals surface area (Å²) in [5, 5.41) is 20.1. The largest absolute Gasteiger partial charge is 1.00 e. The maximum absolute atomic E-state index is 10.9. The van der Waals surface area contributed by atoms with Crippen LogP contribution in [-0.4, -0.2) is 18.5 Å². The van der Waals surface area contributed by atoms with Crippen molar-refractivity contribution >= 4 is 11.9 Å². The zero-order valence-corrected chi connectivity index (χ0v) is 25.9. The monoisotopic (exact) mass is 479 g/mol. The number of aliphatic carboxylic acids is 2. The summed E-state index contributed by atoms with van der Waals surface area (Å²) in [6, 6.07) is 0. The van der Waals surface area contributed by atoms with E-state index in [9.17, 15) is 9.90 Å². The molecular weight excluding hydrogens is 436 g/mol. The van der Waals surface area contributed by atoms with Crippen LogP contribution >= 0.6 is 0 Å². The van der Waals surface area contributed by atoms with Crippen LogP contribution in [0.5, 0.6) is 0 Å². The minimum atomic E-state index is -1.22. The second kappa shape index (κ2) is 13.4. The van der Waals surface area contributed by atoms with Crippen molar-refractivity contribution in [2.24, 2.45) is 52.1 Å². The molecule has 5 nitrogen and oxygen atoms in total. The van der Waals surface area contributed by atoms with Gasteiger partial charge in [-0.1, -0.05) is 33.6 Å². The van der Waals surface area contributed by atoms with E-state index < -0.39 is 11.9 Å². The van der Waals surface area contributed by atoms with Gasteiger partial charge in [-0.3, -0.25) is 0 Å². The third kappa shape index (κ3) is 6.81. The number of hydrogen-bond donors (Lipinski definition) is 1. The molecule has 0 amide bonds. The van der Waals surface area contributed by atoms with Crippen molar-refractivity contribution in [1.82, 2.24) is 0 Å². The average Bonchev–Trinajstić information content (AvgIpc) is 3.09. The van der Waals surface area contributed by atoms with Crippen LogP contribution < -0.4 is 75.1 Å². The van der Waals surface area contributed by atoms with Gasteiger partial charge in [-0.25, -0.2) is 0 Å². The molecule has 7 heteroatoms. The van der Waals surface area contributed by atoms with Crippen LogP contribution in [0.4, 0.5) is 0 Å². The molecule has 0 saturated heterocycles. The molecule has 33 heavy (non-hydrogen) atoms. The van der Waals surface area contributed by atoms with Crippen LogP contribution in [0, 0.1) is 46.3 Å². The fourth-order valence-corrected chi connectivity index (χ4v) is 8.82. The second-order valence-corrected chi connectivity index (χ2v) is 11.6. The normalized spacial score (nSPS) is 39.7. The van der Waals surface area contributed by atoms with E-state index in [1.54, 1.807) is 0 Å². The van der Waals surface area contributed by atoms with E-state index in [4.69, 9.17) is 9.90 Å².